The van der Waals surface area contributed by atoms with Gasteiger partial charge in [0.05, 0.1) is 29.3 Å². The van der Waals surface area contributed by atoms with Crippen LogP contribution in [0.1, 0.15) is 45.7 Å². The number of aromatic nitrogens is 3. The number of aryl methyl sites for hydroxylation is 1. The lowest BCUT2D eigenvalue weighted by molar-refractivity contribution is -0.125. The molecule has 1 unspecified atom stereocenters. The molecule has 56 heavy (non-hydrogen) atoms. The topological polar surface area (TPSA) is 116 Å². The van der Waals surface area contributed by atoms with E-state index in [0.29, 0.717) is 36.3 Å². The van der Waals surface area contributed by atoms with Crippen LogP contribution in [0, 0.1) is 11.8 Å². The number of nitrogens with one attached hydrogen (secondary N) is 1. The molecule has 0 saturated carbocycles. The first-order valence-electron chi connectivity index (χ1n) is 19.4. The molecule has 12 heteroatoms. The molecular formula is C44H44N8O4. The van der Waals surface area contributed by atoms with Crippen molar-refractivity contribution in [1.29, 1.82) is 0 Å². The number of benzene rings is 2. The average molecular weight is 749 g/mol. The predicted octanol–water partition coefficient (Wildman–Crippen LogP) is 4.44. The van der Waals surface area contributed by atoms with Crippen LogP contribution in [-0.4, -0.2) is 118 Å². The van der Waals surface area contributed by atoms with Gasteiger partial charge in [0.1, 0.15) is 11.7 Å². The zero-order valence-corrected chi connectivity index (χ0v) is 31.5. The Morgan fingerprint density at radius 1 is 0.875 bits per heavy atom. The van der Waals surface area contributed by atoms with E-state index in [-0.39, 0.29) is 12.0 Å². The van der Waals surface area contributed by atoms with Crippen molar-refractivity contribution in [3.63, 3.8) is 0 Å². The van der Waals surface area contributed by atoms with Crippen molar-refractivity contribution in [3.05, 3.63) is 102 Å². The van der Waals surface area contributed by atoms with Crippen molar-refractivity contribution < 1.29 is 19.1 Å². The maximum absolute atomic E-state index is 13.2. The highest BCUT2D eigenvalue weighted by Crippen LogP contribution is 2.34. The Hall–Kier alpha value is -5.87. The maximum atomic E-state index is 13.2. The quantitative estimate of drug-likeness (QED) is 0.133. The number of ether oxygens (including phenoxy) is 1. The summed E-state index contributed by atoms with van der Waals surface area (Å²) >= 11 is 0. The second kappa shape index (κ2) is 15.0. The van der Waals surface area contributed by atoms with Gasteiger partial charge in [0.15, 0.2) is 0 Å². The molecule has 3 fully saturated rings. The summed E-state index contributed by atoms with van der Waals surface area (Å²) in [6.07, 6.45) is 7.71. The SMILES string of the molecule is C=C1CCC(N2C(=O)c3ccc(N4CC(OCCCN5CCN(CC#Cc6ccc(-c7ccc8c9cnccc9n(C)c8c7)cn6)CC5)C4)cc3C2=O)C(=O)N1. The number of nitrogens with zero attached hydrogens (tertiary/aromatic N) is 7. The van der Waals surface area contributed by atoms with Gasteiger partial charge in [-0.05, 0) is 67.1 Å². The number of carbonyl (C=O) groups excluding carboxylic acids is 3. The summed E-state index contributed by atoms with van der Waals surface area (Å²) in [6, 6.07) is 17.2. The molecule has 284 valence electrons. The highest BCUT2D eigenvalue weighted by Gasteiger charge is 2.44. The zero-order valence-electron chi connectivity index (χ0n) is 31.5. The number of hydrogen-bond acceptors (Lipinski definition) is 9. The number of pyridine rings is 2. The molecule has 9 rings (SSSR count). The third-order valence-electron chi connectivity index (χ3n) is 11.6. The number of fused-ring (bicyclic) bond motifs is 4. The van der Waals surface area contributed by atoms with Gasteiger partial charge < -0.3 is 24.4 Å². The van der Waals surface area contributed by atoms with Crippen molar-refractivity contribution in [2.24, 2.45) is 7.05 Å². The van der Waals surface area contributed by atoms with Gasteiger partial charge in [-0.2, -0.15) is 0 Å². The Morgan fingerprint density at radius 3 is 2.48 bits per heavy atom. The van der Waals surface area contributed by atoms with Crippen LogP contribution in [0.5, 0.6) is 0 Å². The van der Waals surface area contributed by atoms with Gasteiger partial charge in [-0.25, -0.2) is 4.98 Å². The minimum absolute atomic E-state index is 0.134. The molecule has 12 nitrogen and oxygen atoms in total. The number of allylic oxidation sites excluding steroid dienone is 1. The summed E-state index contributed by atoms with van der Waals surface area (Å²) in [5.74, 6) is 5.40. The van der Waals surface area contributed by atoms with Gasteiger partial charge >= 0.3 is 0 Å². The van der Waals surface area contributed by atoms with Crippen LogP contribution in [0.15, 0.2) is 85.5 Å². The minimum Gasteiger partial charge on any atom is -0.374 e. The van der Waals surface area contributed by atoms with Crippen LogP contribution < -0.4 is 10.2 Å². The Balaban J connectivity index is 0.680. The van der Waals surface area contributed by atoms with Crippen molar-refractivity contribution in [2.75, 3.05) is 63.9 Å². The molecule has 3 saturated heterocycles. The number of carbonyl (C=O) groups is 3. The van der Waals surface area contributed by atoms with E-state index in [9.17, 15) is 14.4 Å². The highest BCUT2D eigenvalue weighted by atomic mass is 16.5. The van der Waals surface area contributed by atoms with Gasteiger partial charge in [-0.15, -0.1) is 0 Å². The average Bonchev–Trinajstić information content (AvgIpc) is 3.62. The van der Waals surface area contributed by atoms with Crippen LogP contribution >= 0.6 is 0 Å². The molecule has 0 radical (unpaired) electrons. The number of imide groups is 1. The third-order valence-corrected chi connectivity index (χ3v) is 11.6. The van der Waals surface area contributed by atoms with Crippen LogP contribution in [-0.2, 0) is 16.6 Å². The van der Waals surface area contributed by atoms with Crippen LogP contribution in [0.2, 0.25) is 0 Å². The standard InChI is InChI=1S/C44H44N8O4/c1-29-6-13-40(42(53)47-29)52-43(54)36-12-10-33(24-37(36)44(52)55)51-27-34(28-51)56-22-4-17-50-20-18-49(19-21-50)16-3-5-32-9-7-31(25-46-32)30-8-11-35-38-26-45-15-14-39(38)48(2)41(35)23-30/h7-12,14-15,23-26,34,40H,1,4,6,13,16-22,27-28H2,2H3,(H,47,53). The minimum atomic E-state index is -0.807. The fourth-order valence-electron chi connectivity index (χ4n) is 8.31. The summed E-state index contributed by atoms with van der Waals surface area (Å²) in [5, 5.41) is 5.04. The molecular weight excluding hydrogens is 705 g/mol. The van der Waals surface area contributed by atoms with Crippen molar-refractivity contribution >= 4 is 45.2 Å². The van der Waals surface area contributed by atoms with Crippen LogP contribution in [0.3, 0.4) is 0 Å². The van der Waals surface area contributed by atoms with E-state index in [1.54, 1.807) is 12.1 Å². The van der Waals surface area contributed by atoms with E-state index in [2.05, 4.69) is 90.4 Å². The molecule has 4 aliphatic heterocycles. The molecule has 7 heterocycles. The fourth-order valence-corrected chi connectivity index (χ4v) is 8.31. The normalized spacial score (nSPS) is 19.3. The molecule has 0 aliphatic carbocycles. The summed E-state index contributed by atoms with van der Waals surface area (Å²) in [7, 11) is 2.09. The number of anilines is 1. The Morgan fingerprint density at radius 2 is 1.68 bits per heavy atom. The van der Waals surface area contributed by atoms with E-state index in [0.717, 1.165) is 91.6 Å². The number of piperazine rings is 1. The lowest BCUT2D eigenvalue weighted by Gasteiger charge is -2.41. The van der Waals surface area contributed by atoms with Gasteiger partial charge in [-0.3, -0.25) is 29.2 Å². The molecule has 3 aromatic heterocycles. The molecule has 1 atom stereocenters. The third kappa shape index (κ3) is 6.83. The molecule has 0 spiro atoms. The van der Waals surface area contributed by atoms with E-state index >= 15 is 0 Å². The molecule has 2 aromatic carbocycles. The maximum Gasteiger partial charge on any atom is 0.262 e. The Labute approximate surface area is 325 Å². The van der Waals surface area contributed by atoms with E-state index in [1.165, 1.54) is 16.4 Å². The second-order valence-electron chi connectivity index (χ2n) is 15.1. The summed E-state index contributed by atoms with van der Waals surface area (Å²) in [4.78, 5) is 55.9. The predicted molar refractivity (Wildman–Crippen MR) is 215 cm³/mol. The fraction of sp³-hybridized carbons (Fsp3) is 0.341. The first-order valence-corrected chi connectivity index (χ1v) is 19.4. The summed E-state index contributed by atoms with van der Waals surface area (Å²) in [6.45, 7) is 11.7. The number of rotatable bonds is 9. The largest absolute Gasteiger partial charge is 0.374 e. The number of piperidine rings is 1. The monoisotopic (exact) mass is 748 g/mol. The molecule has 5 aromatic rings. The van der Waals surface area contributed by atoms with E-state index in [4.69, 9.17) is 4.74 Å². The van der Waals surface area contributed by atoms with Crippen molar-refractivity contribution in [3.8, 4) is 23.0 Å². The lowest BCUT2D eigenvalue weighted by atomic mass is 10.0. The molecule has 4 aliphatic rings. The Bertz CT molecular complexity index is 2430. The molecule has 0 bridgehead atoms. The number of hydrogen-bond donors (Lipinski definition) is 1. The highest BCUT2D eigenvalue weighted by molar-refractivity contribution is 6.23. The van der Waals surface area contributed by atoms with E-state index in [1.807, 2.05) is 30.7 Å². The van der Waals surface area contributed by atoms with Crippen molar-refractivity contribution in [2.45, 2.75) is 31.4 Å². The molecule has 3 amide bonds. The summed E-state index contributed by atoms with van der Waals surface area (Å²) in [5.41, 5.74) is 7.52. The lowest BCUT2D eigenvalue weighted by Crippen LogP contribution is -2.52. The van der Waals surface area contributed by atoms with Gasteiger partial charge in [-0.1, -0.05) is 30.7 Å². The van der Waals surface area contributed by atoms with Crippen molar-refractivity contribution in [1.82, 2.24) is 34.6 Å². The van der Waals surface area contributed by atoms with Crippen LogP contribution in [0.25, 0.3) is 32.9 Å². The van der Waals surface area contributed by atoms with Gasteiger partial charge in [0.2, 0.25) is 5.91 Å². The first kappa shape index (κ1) is 35.8. The zero-order chi connectivity index (χ0) is 38.3. The molecule has 1 N–H and O–H groups in total. The van der Waals surface area contributed by atoms with Gasteiger partial charge in [0, 0.05) is 111 Å². The summed E-state index contributed by atoms with van der Waals surface area (Å²) < 4.78 is 8.38. The van der Waals surface area contributed by atoms with Gasteiger partial charge in [0.25, 0.3) is 11.8 Å². The Kier molecular flexibility index (Phi) is 9.59. The van der Waals surface area contributed by atoms with Crippen LogP contribution in [0.4, 0.5) is 5.69 Å². The first-order chi connectivity index (χ1) is 27.3. The second-order valence-corrected chi connectivity index (χ2v) is 15.1. The smallest absolute Gasteiger partial charge is 0.262 e. The number of amides is 3. The van der Waals surface area contributed by atoms with E-state index < -0.39 is 17.9 Å².